The van der Waals surface area contributed by atoms with Gasteiger partial charge in [-0.25, -0.2) is 12.8 Å². The van der Waals surface area contributed by atoms with Gasteiger partial charge in [0, 0.05) is 16.7 Å². The summed E-state index contributed by atoms with van der Waals surface area (Å²) in [6, 6.07) is 14.8. The van der Waals surface area contributed by atoms with E-state index in [0.717, 1.165) is 10.5 Å². The van der Waals surface area contributed by atoms with Gasteiger partial charge in [-0.1, -0.05) is 30.3 Å². The maximum absolute atomic E-state index is 13.0. The maximum atomic E-state index is 13.0. The fourth-order valence-corrected chi connectivity index (χ4v) is 4.45. The van der Waals surface area contributed by atoms with Gasteiger partial charge in [0.15, 0.2) is 16.4 Å². The minimum Gasteiger partial charge on any atom is -0.326 e. The van der Waals surface area contributed by atoms with Gasteiger partial charge in [-0.15, -0.1) is 0 Å². The molecule has 1 unspecified atom stereocenters. The highest BCUT2D eigenvalue weighted by Gasteiger charge is 2.32. The lowest BCUT2D eigenvalue weighted by atomic mass is 10.2. The summed E-state index contributed by atoms with van der Waals surface area (Å²) in [4.78, 5) is 15.5. The van der Waals surface area contributed by atoms with E-state index in [1.165, 1.54) is 17.5 Å². The zero-order chi connectivity index (χ0) is 19.4. The summed E-state index contributed by atoms with van der Waals surface area (Å²) < 4.78 is 36.7. The van der Waals surface area contributed by atoms with E-state index in [0.29, 0.717) is 12.2 Å². The zero-order valence-electron chi connectivity index (χ0n) is 15.0. The van der Waals surface area contributed by atoms with Gasteiger partial charge in [0.05, 0.1) is 18.8 Å². The predicted molar refractivity (Wildman–Crippen MR) is 103 cm³/mol. The molecule has 0 bridgehead atoms. The molecule has 1 aliphatic rings. The summed E-state index contributed by atoms with van der Waals surface area (Å²) in [5.41, 5.74) is 1.60. The Morgan fingerprint density at radius 3 is 2.41 bits per heavy atom. The quantitative estimate of drug-likeness (QED) is 0.807. The van der Waals surface area contributed by atoms with Crippen LogP contribution in [0.2, 0.25) is 0 Å². The number of carbonyl (C=O) groups is 1. The summed E-state index contributed by atoms with van der Waals surface area (Å²) in [5.74, 6) is -0.561. The van der Waals surface area contributed by atoms with Crippen LogP contribution < -0.4 is 9.80 Å². The predicted octanol–water partition coefficient (Wildman–Crippen LogP) is 1.18. The number of likely N-dealkylation sites (N-methyl/N-ethyl adjacent to an activating group) is 1. The van der Waals surface area contributed by atoms with Crippen molar-refractivity contribution < 1.29 is 22.5 Å². The number of halogens is 1. The van der Waals surface area contributed by atoms with Gasteiger partial charge in [-0.2, -0.15) is 0 Å². The van der Waals surface area contributed by atoms with Crippen LogP contribution in [0.1, 0.15) is 5.56 Å². The van der Waals surface area contributed by atoms with E-state index in [9.17, 15) is 17.6 Å². The molecule has 0 fully saturated rings. The number of nitrogens with zero attached hydrogens (tertiary/aromatic N) is 1. The maximum Gasteiger partial charge on any atom is 0.282 e. The molecule has 1 amide bonds. The van der Waals surface area contributed by atoms with E-state index in [1.54, 1.807) is 35.2 Å². The normalized spacial score (nSPS) is 19.0. The highest BCUT2D eigenvalue weighted by molar-refractivity contribution is 7.94. The smallest absolute Gasteiger partial charge is 0.282 e. The molecule has 7 heteroatoms. The molecule has 1 aliphatic heterocycles. The molecule has 142 valence electrons. The number of hydrogen-bond acceptors (Lipinski definition) is 3. The lowest BCUT2D eigenvalue weighted by Crippen LogP contribution is -3.09. The SMILES string of the molecule is C[NH+](CC(=O)N(c1ccccc1)[C@H]1C=CS(=O)(=O)C1)Cc1ccc(F)cc1. The zero-order valence-corrected chi connectivity index (χ0v) is 15.8. The van der Waals surface area contributed by atoms with Gasteiger partial charge in [-0.05, 0) is 30.3 Å². The van der Waals surface area contributed by atoms with Gasteiger partial charge >= 0.3 is 0 Å². The standard InChI is InChI=1S/C20H21FN2O3S/c1-22(13-16-7-9-17(21)10-8-16)14-20(24)23(18-5-3-2-4-6-18)19-11-12-27(25,26)15-19/h2-12,19H,13-15H2,1H3/p+1/t19-/m0/s1. The number of amides is 1. The van der Waals surface area contributed by atoms with E-state index >= 15 is 0 Å². The summed E-state index contributed by atoms with van der Waals surface area (Å²) in [7, 11) is -1.40. The number of rotatable bonds is 6. The molecule has 0 spiro atoms. The van der Waals surface area contributed by atoms with Crippen molar-refractivity contribution in [2.75, 3.05) is 24.2 Å². The Morgan fingerprint density at radius 2 is 1.81 bits per heavy atom. The molecule has 0 saturated heterocycles. The molecule has 1 N–H and O–H groups in total. The van der Waals surface area contributed by atoms with Crippen molar-refractivity contribution in [2.45, 2.75) is 12.6 Å². The molecule has 5 nitrogen and oxygen atoms in total. The molecule has 1 heterocycles. The largest absolute Gasteiger partial charge is 0.326 e. The van der Waals surface area contributed by atoms with E-state index in [1.807, 2.05) is 25.2 Å². The molecule has 0 radical (unpaired) electrons. The Balaban J connectivity index is 1.75. The van der Waals surface area contributed by atoms with Crippen molar-refractivity contribution >= 4 is 21.4 Å². The second-order valence-electron chi connectivity index (χ2n) is 6.76. The van der Waals surface area contributed by atoms with Crippen LogP contribution in [0.3, 0.4) is 0 Å². The first-order chi connectivity index (χ1) is 12.8. The van der Waals surface area contributed by atoms with Crippen molar-refractivity contribution in [1.29, 1.82) is 0 Å². The number of quaternary nitrogens is 1. The van der Waals surface area contributed by atoms with Crippen LogP contribution in [-0.4, -0.2) is 39.7 Å². The second kappa shape index (κ2) is 8.02. The number of sulfone groups is 1. The summed E-state index contributed by atoms with van der Waals surface area (Å²) in [5, 5.41) is 1.18. The average molecular weight is 389 g/mol. The van der Waals surface area contributed by atoms with Gasteiger partial charge in [0.1, 0.15) is 12.4 Å². The van der Waals surface area contributed by atoms with Crippen LogP contribution in [0.4, 0.5) is 10.1 Å². The highest BCUT2D eigenvalue weighted by Crippen LogP contribution is 2.22. The number of anilines is 1. The van der Waals surface area contributed by atoms with E-state index < -0.39 is 15.9 Å². The molecule has 2 atom stereocenters. The van der Waals surface area contributed by atoms with Crippen LogP contribution in [0, 0.1) is 5.82 Å². The van der Waals surface area contributed by atoms with Crippen molar-refractivity contribution in [3.63, 3.8) is 0 Å². The van der Waals surface area contributed by atoms with Crippen molar-refractivity contribution in [1.82, 2.24) is 0 Å². The van der Waals surface area contributed by atoms with Crippen LogP contribution >= 0.6 is 0 Å². The topological polar surface area (TPSA) is 58.9 Å². The Bertz CT molecular complexity index is 927. The van der Waals surface area contributed by atoms with Gasteiger partial charge < -0.3 is 4.90 Å². The summed E-state index contributed by atoms with van der Waals surface area (Å²) >= 11 is 0. The minimum atomic E-state index is -3.28. The van der Waals surface area contributed by atoms with E-state index in [4.69, 9.17) is 0 Å². The first-order valence-electron chi connectivity index (χ1n) is 8.68. The Labute approximate surface area is 158 Å². The molecular formula is C20H22FN2O3S+. The van der Waals surface area contributed by atoms with Crippen molar-refractivity contribution in [3.8, 4) is 0 Å². The Morgan fingerprint density at radius 1 is 1.15 bits per heavy atom. The molecule has 0 saturated carbocycles. The summed E-state index contributed by atoms with van der Waals surface area (Å²) in [6.07, 6.45) is 1.57. The Kier molecular flexibility index (Phi) is 5.72. The number of carbonyl (C=O) groups excluding carboxylic acids is 1. The monoisotopic (exact) mass is 389 g/mol. The number of benzene rings is 2. The molecule has 3 rings (SSSR count). The van der Waals surface area contributed by atoms with Gasteiger partial charge in [0.25, 0.3) is 5.91 Å². The van der Waals surface area contributed by atoms with Crippen molar-refractivity contribution in [3.05, 3.63) is 77.5 Å². The molecule has 0 aromatic heterocycles. The number of hydrogen-bond donors (Lipinski definition) is 1. The molecule has 2 aromatic rings. The molecular weight excluding hydrogens is 367 g/mol. The van der Waals surface area contributed by atoms with Crippen LogP contribution in [0.15, 0.2) is 66.1 Å². The van der Waals surface area contributed by atoms with Crippen LogP contribution in [0.25, 0.3) is 0 Å². The number of para-hydroxylation sites is 1. The highest BCUT2D eigenvalue weighted by atomic mass is 32.2. The second-order valence-corrected chi connectivity index (χ2v) is 8.69. The molecule has 2 aromatic carbocycles. The van der Waals surface area contributed by atoms with E-state index in [2.05, 4.69) is 0 Å². The fourth-order valence-electron chi connectivity index (χ4n) is 3.19. The fraction of sp³-hybridized carbons (Fsp3) is 0.250. The lowest BCUT2D eigenvalue weighted by molar-refractivity contribution is -0.885. The van der Waals surface area contributed by atoms with Gasteiger partial charge in [-0.3, -0.25) is 9.69 Å². The van der Waals surface area contributed by atoms with Crippen LogP contribution in [-0.2, 0) is 21.2 Å². The molecule has 0 aliphatic carbocycles. The third-order valence-electron chi connectivity index (χ3n) is 4.42. The van der Waals surface area contributed by atoms with Gasteiger partial charge in [0.2, 0.25) is 0 Å². The minimum absolute atomic E-state index is 0.107. The van der Waals surface area contributed by atoms with Crippen LogP contribution in [0.5, 0.6) is 0 Å². The first-order valence-corrected chi connectivity index (χ1v) is 10.4. The average Bonchev–Trinajstić information content (AvgIpc) is 2.97. The molecule has 27 heavy (non-hydrogen) atoms. The summed E-state index contributed by atoms with van der Waals surface area (Å²) in [6.45, 7) is 0.754. The Hall–Kier alpha value is -2.51. The van der Waals surface area contributed by atoms with E-state index in [-0.39, 0.29) is 24.0 Å². The number of nitrogens with one attached hydrogen (secondary N) is 1. The lowest BCUT2D eigenvalue weighted by Gasteiger charge is -2.28. The third kappa shape index (κ3) is 5.02. The van der Waals surface area contributed by atoms with Crippen molar-refractivity contribution in [2.24, 2.45) is 0 Å². The first kappa shape index (κ1) is 19.3. The third-order valence-corrected chi connectivity index (χ3v) is 5.80.